The van der Waals surface area contributed by atoms with Crippen molar-refractivity contribution in [3.63, 3.8) is 0 Å². The molecule has 0 saturated carbocycles. The molecule has 0 radical (unpaired) electrons. The van der Waals surface area contributed by atoms with Crippen LogP contribution in [-0.4, -0.2) is 30.6 Å². The van der Waals surface area contributed by atoms with E-state index >= 15 is 0 Å². The SMILES string of the molecule is CCC(C)COC(=N)N(C)C(C)C. The van der Waals surface area contributed by atoms with Crippen LogP contribution in [0.2, 0.25) is 0 Å². The van der Waals surface area contributed by atoms with Gasteiger partial charge in [0.15, 0.2) is 0 Å². The molecular formula is C10H22N2O. The maximum absolute atomic E-state index is 7.60. The van der Waals surface area contributed by atoms with Gasteiger partial charge in [-0.25, -0.2) is 0 Å². The second-order valence-corrected chi connectivity index (χ2v) is 3.83. The molecular weight excluding hydrogens is 164 g/mol. The van der Waals surface area contributed by atoms with E-state index in [1.165, 1.54) is 0 Å². The van der Waals surface area contributed by atoms with Gasteiger partial charge in [-0.1, -0.05) is 20.3 Å². The largest absolute Gasteiger partial charge is 0.465 e. The van der Waals surface area contributed by atoms with Crippen molar-refractivity contribution >= 4 is 6.02 Å². The summed E-state index contributed by atoms with van der Waals surface area (Å²) in [6.07, 6.45) is 1.10. The number of hydrogen-bond acceptors (Lipinski definition) is 2. The number of nitrogens with one attached hydrogen (secondary N) is 1. The lowest BCUT2D eigenvalue weighted by Gasteiger charge is -2.24. The number of rotatable bonds is 4. The second-order valence-electron chi connectivity index (χ2n) is 3.83. The Labute approximate surface area is 81.6 Å². The van der Waals surface area contributed by atoms with E-state index in [0.717, 1.165) is 6.42 Å². The first-order chi connectivity index (χ1) is 5.99. The van der Waals surface area contributed by atoms with Gasteiger partial charge in [-0.15, -0.1) is 0 Å². The van der Waals surface area contributed by atoms with Crippen molar-refractivity contribution in [2.75, 3.05) is 13.7 Å². The van der Waals surface area contributed by atoms with Crippen LogP contribution in [0.3, 0.4) is 0 Å². The van der Waals surface area contributed by atoms with Gasteiger partial charge in [-0.05, 0) is 19.8 Å². The number of hydrogen-bond donors (Lipinski definition) is 1. The fourth-order valence-corrected chi connectivity index (χ4v) is 0.675. The Hall–Kier alpha value is -0.730. The Morgan fingerprint density at radius 3 is 2.31 bits per heavy atom. The minimum atomic E-state index is 0.273. The zero-order valence-electron chi connectivity index (χ0n) is 9.42. The molecule has 0 aliphatic heterocycles. The van der Waals surface area contributed by atoms with Gasteiger partial charge in [0.05, 0.1) is 6.61 Å². The molecule has 3 heteroatoms. The average molecular weight is 186 g/mol. The van der Waals surface area contributed by atoms with Crippen molar-refractivity contribution in [2.45, 2.75) is 40.2 Å². The molecule has 3 nitrogen and oxygen atoms in total. The average Bonchev–Trinajstić information content (AvgIpc) is 2.11. The molecule has 1 N–H and O–H groups in total. The van der Waals surface area contributed by atoms with Gasteiger partial charge in [0.25, 0.3) is 6.02 Å². The van der Waals surface area contributed by atoms with E-state index < -0.39 is 0 Å². The molecule has 0 amide bonds. The molecule has 1 unspecified atom stereocenters. The standard InChI is InChI=1S/C10H22N2O/c1-6-9(4)7-13-10(11)12(5)8(2)3/h8-9,11H,6-7H2,1-5H3. The van der Waals surface area contributed by atoms with Crippen LogP contribution in [0.15, 0.2) is 0 Å². The minimum absolute atomic E-state index is 0.273. The van der Waals surface area contributed by atoms with Crippen molar-refractivity contribution in [1.82, 2.24) is 4.90 Å². The van der Waals surface area contributed by atoms with E-state index in [-0.39, 0.29) is 6.02 Å². The van der Waals surface area contributed by atoms with Crippen LogP contribution in [0, 0.1) is 11.3 Å². The van der Waals surface area contributed by atoms with Gasteiger partial charge in [0.1, 0.15) is 0 Å². The smallest absolute Gasteiger partial charge is 0.284 e. The zero-order chi connectivity index (χ0) is 10.4. The van der Waals surface area contributed by atoms with Crippen molar-refractivity contribution in [2.24, 2.45) is 5.92 Å². The molecule has 0 aliphatic rings. The Morgan fingerprint density at radius 2 is 1.92 bits per heavy atom. The topological polar surface area (TPSA) is 36.3 Å². The highest BCUT2D eigenvalue weighted by molar-refractivity contribution is 5.70. The Bertz CT molecular complexity index is 157. The fraction of sp³-hybridized carbons (Fsp3) is 0.900. The third-order valence-corrected chi connectivity index (χ3v) is 2.30. The van der Waals surface area contributed by atoms with E-state index in [1.54, 1.807) is 0 Å². The maximum atomic E-state index is 7.60. The van der Waals surface area contributed by atoms with Crippen LogP contribution in [0.4, 0.5) is 0 Å². The van der Waals surface area contributed by atoms with Crippen molar-refractivity contribution < 1.29 is 4.74 Å². The molecule has 0 aliphatic carbocycles. The molecule has 78 valence electrons. The molecule has 0 heterocycles. The summed E-state index contributed by atoms with van der Waals surface area (Å²) in [5.74, 6) is 0.529. The number of ether oxygens (including phenoxy) is 1. The molecule has 13 heavy (non-hydrogen) atoms. The van der Waals surface area contributed by atoms with Crippen LogP contribution in [0.25, 0.3) is 0 Å². The fourth-order valence-electron chi connectivity index (χ4n) is 0.675. The van der Waals surface area contributed by atoms with Crippen LogP contribution in [0.1, 0.15) is 34.1 Å². The van der Waals surface area contributed by atoms with Crippen molar-refractivity contribution in [3.05, 3.63) is 0 Å². The predicted molar refractivity (Wildman–Crippen MR) is 56.0 cm³/mol. The van der Waals surface area contributed by atoms with Crippen LogP contribution >= 0.6 is 0 Å². The molecule has 0 saturated heterocycles. The van der Waals surface area contributed by atoms with Gasteiger partial charge in [0.2, 0.25) is 0 Å². The molecule has 0 aromatic heterocycles. The normalized spacial score (nSPS) is 12.8. The molecule has 0 bridgehead atoms. The van der Waals surface area contributed by atoms with Gasteiger partial charge in [-0.3, -0.25) is 5.41 Å². The Balaban J connectivity index is 3.74. The maximum Gasteiger partial charge on any atom is 0.284 e. The zero-order valence-corrected chi connectivity index (χ0v) is 9.42. The monoisotopic (exact) mass is 186 g/mol. The summed E-state index contributed by atoms with van der Waals surface area (Å²) in [6.45, 7) is 8.99. The molecule has 1 atom stereocenters. The summed E-state index contributed by atoms with van der Waals surface area (Å²) in [5, 5.41) is 7.60. The lowest BCUT2D eigenvalue weighted by molar-refractivity contribution is 0.190. The highest BCUT2D eigenvalue weighted by Crippen LogP contribution is 2.03. The van der Waals surface area contributed by atoms with Crippen LogP contribution in [0.5, 0.6) is 0 Å². The molecule has 0 fully saturated rings. The quantitative estimate of drug-likeness (QED) is 0.540. The van der Waals surface area contributed by atoms with Crippen molar-refractivity contribution in [1.29, 1.82) is 5.41 Å². The van der Waals surface area contributed by atoms with Gasteiger partial charge in [0, 0.05) is 13.1 Å². The number of amidine groups is 1. The summed E-state index contributed by atoms with van der Waals surface area (Å²) < 4.78 is 5.33. The van der Waals surface area contributed by atoms with E-state index in [2.05, 4.69) is 13.8 Å². The molecule has 0 spiro atoms. The second kappa shape index (κ2) is 5.84. The van der Waals surface area contributed by atoms with E-state index in [0.29, 0.717) is 18.6 Å². The van der Waals surface area contributed by atoms with Gasteiger partial charge >= 0.3 is 0 Å². The molecule has 0 aromatic carbocycles. The highest BCUT2D eigenvalue weighted by Gasteiger charge is 2.10. The molecule has 0 aromatic rings. The van der Waals surface area contributed by atoms with E-state index in [9.17, 15) is 0 Å². The summed E-state index contributed by atoms with van der Waals surface area (Å²) in [7, 11) is 1.88. The van der Waals surface area contributed by atoms with Gasteiger partial charge < -0.3 is 9.64 Å². The van der Waals surface area contributed by atoms with Crippen LogP contribution < -0.4 is 0 Å². The lowest BCUT2D eigenvalue weighted by atomic mass is 10.1. The summed E-state index contributed by atoms with van der Waals surface area (Å²) in [6, 6.07) is 0.597. The van der Waals surface area contributed by atoms with E-state index in [4.69, 9.17) is 10.1 Å². The molecule has 0 rings (SSSR count). The Morgan fingerprint density at radius 1 is 1.38 bits per heavy atom. The van der Waals surface area contributed by atoms with E-state index in [1.807, 2.05) is 25.8 Å². The summed E-state index contributed by atoms with van der Waals surface area (Å²) in [5.41, 5.74) is 0. The number of nitrogens with zero attached hydrogens (tertiary/aromatic N) is 1. The highest BCUT2D eigenvalue weighted by atomic mass is 16.5. The first-order valence-electron chi connectivity index (χ1n) is 4.93. The predicted octanol–water partition coefficient (Wildman–Crippen LogP) is 2.32. The Kier molecular flexibility index (Phi) is 5.51. The van der Waals surface area contributed by atoms with Gasteiger partial charge in [-0.2, -0.15) is 0 Å². The van der Waals surface area contributed by atoms with Crippen LogP contribution in [-0.2, 0) is 4.74 Å². The first-order valence-corrected chi connectivity index (χ1v) is 4.93. The summed E-state index contributed by atoms with van der Waals surface area (Å²) >= 11 is 0. The lowest BCUT2D eigenvalue weighted by Crippen LogP contribution is -2.34. The third-order valence-electron chi connectivity index (χ3n) is 2.30. The summed E-state index contributed by atoms with van der Waals surface area (Å²) in [4.78, 5) is 1.82. The minimum Gasteiger partial charge on any atom is -0.465 e. The van der Waals surface area contributed by atoms with Crippen molar-refractivity contribution in [3.8, 4) is 0 Å². The first kappa shape index (κ1) is 12.3. The third kappa shape index (κ3) is 4.76.